The first-order valence-corrected chi connectivity index (χ1v) is 23.9. The molecule has 4 saturated carbocycles. The molecule has 64 heavy (non-hydrogen) atoms. The molecular formula is C47H76O17. The third-order valence-electron chi connectivity index (χ3n) is 18.7. The van der Waals surface area contributed by atoms with E-state index in [0.717, 1.165) is 44.1 Å². The summed E-state index contributed by atoms with van der Waals surface area (Å²) in [6, 6.07) is 0. The molecule has 366 valence electrons. The van der Waals surface area contributed by atoms with Gasteiger partial charge >= 0.3 is 0 Å². The number of allylic oxidation sites excluding steroid dienone is 1. The lowest BCUT2D eigenvalue weighted by Gasteiger charge is -2.70. The molecule has 2 bridgehead atoms. The predicted molar refractivity (Wildman–Crippen MR) is 223 cm³/mol. The standard InChI is InChI=1S/C47H76O17/c1-21(2)15-23-16-45(8,56)38-24-9-10-28-43(6)13-12-29(42(4,5)27(43)11-14-44(28,7)46(24)19-47(38,64-23)58-20-46)61-41-37(63-40-35(55)33(53)32(52)26(17-48)60-40)36(30(50)22(3)59-41)62-39-34(54)31(51)25(49)18-57-39/h15,22-41,48-56H,9-14,16-20H2,1-8H3. The number of aliphatic hydroxyl groups is 9. The lowest BCUT2D eigenvalue weighted by Crippen LogP contribution is -2.68. The zero-order valence-electron chi connectivity index (χ0n) is 38.7. The van der Waals surface area contributed by atoms with Crippen LogP contribution < -0.4 is 0 Å². The number of hydrogen-bond donors (Lipinski definition) is 9. The van der Waals surface area contributed by atoms with Gasteiger partial charge < -0.3 is 83.9 Å². The minimum Gasteiger partial charge on any atom is -0.394 e. The van der Waals surface area contributed by atoms with E-state index in [2.05, 4.69) is 47.6 Å². The fraction of sp³-hybridized carbons (Fsp3) is 0.957. The molecule has 0 aromatic rings. The Morgan fingerprint density at radius 2 is 1.44 bits per heavy atom. The van der Waals surface area contributed by atoms with Crippen LogP contribution >= 0.6 is 0 Å². The minimum atomic E-state index is -1.80. The topological polar surface area (TPSA) is 256 Å². The van der Waals surface area contributed by atoms with Crippen molar-refractivity contribution in [2.24, 2.45) is 45.3 Å². The highest BCUT2D eigenvalue weighted by atomic mass is 16.8. The molecule has 0 amide bonds. The van der Waals surface area contributed by atoms with Gasteiger partial charge in [0.05, 0.1) is 43.7 Å². The van der Waals surface area contributed by atoms with E-state index in [1.165, 1.54) is 0 Å². The third-order valence-corrected chi connectivity index (χ3v) is 18.7. The maximum atomic E-state index is 12.2. The number of aliphatic hydroxyl groups excluding tert-OH is 8. The van der Waals surface area contributed by atoms with E-state index in [0.29, 0.717) is 25.4 Å². The molecule has 0 radical (unpaired) electrons. The molecule has 4 aliphatic carbocycles. The largest absolute Gasteiger partial charge is 0.394 e. The van der Waals surface area contributed by atoms with Crippen molar-refractivity contribution in [3.8, 4) is 0 Å². The maximum Gasteiger partial charge on any atom is 0.187 e. The van der Waals surface area contributed by atoms with E-state index in [1.807, 2.05) is 6.92 Å². The first kappa shape index (κ1) is 48.1. The SMILES string of the molecule is CC(C)=CC1CC(C)(O)C2C3CCC4C5(C)CCC(OC6OC(C)C(O)C(OC7OCC(O)C(O)C7O)C6OC6OC(CO)C(O)C(O)C6O)C(C)(C)C5CCC4(C)C34COC2(C4)O1. The van der Waals surface area contributed by atoms with Crippen molar-refractivity contribution in [1.82, 2.24) is 0 Å². The molecule has 0 aromatic carbocycles. The van der Waals surface area contributed by atoms with Crippen molar-refractivity contribution in [2.75, 3.05) is 19.8 Å². The van der Waals surface area contributed by atoms with Gasteiger partial charge in [0.15, 0.2) is 24.7 Å². The second kappa shape index (κ2) is 16.6. The van der Waals surface area contributed by atoms with Crippen molar-refractivity contribution >= 4 is 0 Å². The van der Waals surface area contributed by atoms with Crippen LogP contribution in [0, 0.1) is 45.3 Å². The summed E-state index contributed by atoms with van der Waals surface area (Å²) in [6.45, 7) is 16.7. The Kier molecular flexibility index (Phi) is 12.5. The quantitative estimate of drug-likeness (QED) is 0.122. The van der Waals surface area contributed by atoms with Crippen molar-refractivity contribution in [3.05, 3.63) is 11.6 Å². The van der Waals surface area contributed by atoms with Crippen LogP contribution in [-0.2, 0) is 37.9 Å². The molecule has 0 aromatic heterocycles. The molecule has 9 aliphatic rings. The molecule has 17 heteroatoms. The van der Waals surface area contributed by atoms with Crippen LogP contribution in [0.1, 0.15) is 107 Å². The molecule has 9 fully saturated rings. The second-order valence-corrected chi connectivity index (χ2v) is 23.0. The smallest absolute Gasteiger partial charge is 0.187 e. The molecule has 25 unspecified atom stereocenters. The van der Waals surface area contributed by atoms with Crippen molar-refractivity contribution in [1.29, 1.82) is 0 Å². The van der Waals surface area contributed by atoms with Crippen LogP contribution in [0.3, 0.4) is 0 Å². The van der Waals surface area contributed by atoms with Gasteiger partial charge in [0.1, 0.15) is 61.0 Å². The van der Waals surface area contributed by atoms with Crippen LogP contribution in [0.4, 0.5) is 0 Å². The van der Waals surface area contributed by atoms with Crippen LogP contribution in [0.5, 0.6) is 0 Å². The van der Waals surface area contributed by atoms with Crippen LogP contribution in [0.15, 0.2) is 11.6 Å². The van der Waals surface area contributed by atoms with E-state index in [-0.39, 0.29) is 46.7 Å². The summed E-state index contributed by atoms with van der Waals surface area (Å²) in [6.07, 6.45) is -12.6. The minimum absolute atomic E-state index is 0.0699. The van der Waals surface area contributed by atoms with E-state index >= 15 is 0 Å². The summed E-state index contributed by atoms with van der Waals surface area (Å²) in [5.41, 5.74) is -0.500. The Bertz CT molecular complexity index is 1740. The van der Waals surface area contributed by atoms with Gasteiger partial charge in [0.2, 0.25) is 0 Å². The molecule has 17 nitrogen and oxygen atoms in total. The zero-order valence-corrected chi connectivity index (χ0v) is 38.7. The first-order valence-electron chi connectivity index (χ1n) is 23.9. The zero-order chi connectivity index (χ0) is 46.3. The van der Waals surface area contributed by atoms with Crippen molar-refractivity contribution in [2.45, 2.75) is 216 Å². The van der Waals surface area contributed by atoms with E-state index in [1.54, 1.807) is 6.92 Å². The fourth-order valence-corrected chi connectivity index (χ4v) is 15.7. The Labute approximate surface area is 376 Å². The highest BCUT2D eigenvalue weighted by Crippen LogP contribution is 2.80. The summed E-state index contributed by atoms with van der Waals surface area (Å²) in [4.78, 5) is 0. The molecule has 9 N–H and O–H groups in total. The number of rotatable bonds is 8. The van der Waals surface area contributed by atoms with Gasteiger partial charge in [-0.2, -0.15) is 0 Å². The number of ether oxygens (including phenoxy) is 8. The van der Waals surface area contributed by atoms with Crippen LogP contribution in [-0.4, -0.2) is 175 Å². The Morgan fingerprint density at radius 3 is 2.14 bits per heavy atom. The third kappa shape index (κ3) is 7.19. The fourth-order valence-electron chi connectivity index (χ4n) is 15.7. The molecule has 2 spiro atoms. The molecule has 5 aliphatic heterocycles. The summed E-state index contributed by atoms with van der Waals surface area (Å²) in [5, 5.41) is 97.6. The van der Waals surface area contributed by atoms with Crippen LogP contribution in [0.25, 0.3) is 0 Å². The Morgan fingerprint density at radius 1 is 0.734 bits per heavy atom. The Balaban J connectivity index is 0.985. The maximum absolute atomic E-state index is 12.2. The van der Waals surface area contributed by atoms with Crippen molar-refractivity contribution in [3.63, 3.8) is 0 Å². The van der Waals surface area contributed by atoms with E-state index < -0.39 is 116 Å². The van der Waals surface area contributed by atoms with Crippen molar-refractivity contribution < 1.29 is 83.9 Å². The van der Waals surface area contributed by atoms with E-state index in [9.17, 15) is 46.0 Å². The normalized spacial score (nSPS) is 57.8. The van der Waals surface area contributed by atoms with Gasteiger partial charge in [-0.15, -0.1) is 0 Å². The molecular weight excluding hydrogens is 836 g/mol. The number of hydrogen-bond acceptors (Lipinski definition) is 17. The molecule has 5 heterocycles. The van der Waals surface area contributed by atoms with Gasteiger partial charge in [-0.05, 0) is 100 Å². The van der Waals surface area contributed by atoms with Gasteiger partial charge in [-0.1, -0.05) is 39.3 Å². The second-order valence-electron chi connectivity index (χ2n) is 23.0. The van der Waals surface area contributed by atoms with Gasteiger partial charge in [-0.3, -0.25) is 0 Å². The number of fused-ring (bicyclic) bond motifs is 4. The van der Waals surface area contributed by atoms with E-state index in [4.69, 9.17) is 37.9 Å². The van der Waals surface area contributed by atoms with Crippen LogP contribution in [0.2, 0.25) is 0 Å². The summed E-state index contributed by atoms with van der Waals surface area (Å²) in [7, 11) is 0. The average molecular weight is 913 g/mol. The Hall–Kier alpha value is -0.940. The van der Waals surface area contributed by atoms with Gasteiger partial charge in [0, 0.05) is 24.2 Å². The predicted octanol–water partition coefficient (Wildman–Crippen LogP) is 0.994. The lowest BCUT2D eigenvalue weighted by atomic mass is 9.35. The molecule has 5 saturated heterocycles. The summed E-state index contributed by atoms with van der Waals surface area (Å²) in [5.74, 6) is -0.0565. The summed E-state index contributed by atoms with van der Waals surface area (Å²) < 4.78 is 51.1. The highest BCUT2D eigenvalue weighted by Gasteiger charge is 2.81. The monoisotopic (exact) mass is 913 g/mol. The van der Waals surface area contributed by atoms with Gasteiger partial charge in [-0.25, -0.2) is 0 Å². The average Bonchev–Trinajstić information content (AvgIpc) is 3.74. The summed E-state index contributed by atoms with van der Waals surface area (Å²) >= 11 is 0. The molecule has 9 rings (SSSR count). The highest BCUT2D eigenvalue weighted by molar-refractivity contribution is 5.26. The lowest BCUT2D eigenvalue weighted by molar-refractivity contribution is -0.394. The molecule has 25 atom stereocenters. The first-order chi connectivity index (χ1) is 29.9. The van der Waals surface area contributed by atoms with Gasteiger partial charge in [0.25, 0.3) is 0 Å².